The summed E-state index contributed by atoms with van der Waals surface area (Å²) in [6, 6.07) is 0. The second-order valence-corrected chi connectivity index (χ2v) is 13.6. The van der Waals surface area contributed by atoms with Gasteiger partial charge >= 0.3 is 23.9 Å². The highest BCUT2D eigenvalue weighted by Gasteiger charge is 2.50. The molecule has 0 radical (unpaired) electrons. The number of aliphatic hydroxyl groups is 2. The van der Waals surface area contributed by atoms with Gasteiger partial charge in [-0.05, 0) is 79.1 Å². The lowest BCUT2D eigenvalue weighted by molar-refractivity contribution is -0.162. The van der Waals surface area contributed by atoms with Gasteiger partial charge in [0.1, 0.15) is 0 Å². The van der Waals surface area contributed by atoms with Crippen LogP contribution in [0, 0.1) is 23.7 Å². The smallest absolute Gasteiger partial charge is 0.309 e. The number of ether oxygens (including phenoxy) is 7. The highest BCUT2D eigenvalue weighted by Crippen LogP contribution is 2.42. The molecule has 9 atom stereocenters. The first-order chi connectivity index (χ1) is 22.0. The Balaban J connectivity index is 0.000000173. The summed E-state index contributed by atoms with van der Waals surface area (Å²) < 4.78 is 36.6. The van der Waals surface area contributed by atoms with Gasteiger partial charge in [-0.15, -0.1) is 0 Å². The largest absolute Gasteiger partial charge is 0.481 e. The van der Waals surface area contributed by atoms with Gasteiger partial charge in [-0.25, -0.2) is 0 Å². The van der Waals surface area contributed by atoms with Crippen LogP contribution in [-0.2, 0) is 52.3 Å². The van der Waals surface area contributed by atoms with Crippen LogP contribution >= 0.6 is 0 Å². The zero-order chi connectivity index (χ0) is 35.1. The lowest BCUT2D eigenvalue weighted by Crippen LogP contribution is -2.24. The molecule has 0 aromatic heterocycles. The molecule has 3 unspecified atom stereocenters. The van der Waals surface area contributed by atoms with Crippen molar-refractivity contribution in [3.63, 3.8) is 0 Å². The first-order valence-electron chi connectivity index (χ1n) is 16.2. The Morgan fingerprint density at radius 3 is 1.11 bits per heavy atom. The quantitative estimate of drug-likeness (QED) is 0.224. The number of carboxylic acids is 1. The van der Waals surface area contributed by atoms with Gasteiger partial charge in [0.25, 0.3) is 0 Å². The molecule has 3 saturated carbocycles. The molecule has 268 valence electrons. The summed E-state index contributed by atoms with van der Waals surface area (Å²) in [4.78, 5) is 43.6. The number of allylic oxidation sites excluding steroid dienone is 2. The van der Waals surface area contributed by atoms with Crippen molar-refractivity contribution >= 4 is 23.9 Å². The molecule has 2 aliphatic heterocycles. The van der Waals surface area contributed by atoms with E-state index < -0.39 is 35.7 Å². The van der Waals surface area contributed by atoms with Crippen LogP contribution in [0.1, 0.15) is 79.1 Å². The normalized spacial score (nSPS) is 35.6. The third-order valence-electron chi connectivity index (χ3n) is 9.09. The van der Waals surface area contributed by atoms with E-state index in [4.69, 9.17) is 43.7 Å². The van der Waals surface area contributed by atoms with Crippen molar-refractivity contribution in [2.24, 2.45) is 23.7 Å². The van der Waals surface area contributed by atoms with Crippen LogP contribution in [-0.4, -0.2) is 109 Å². The lowest BCUT2D eigenvalue weighted by Gasteiger charge is -2.19. The molecule has 0 bridgehead atoms. The first-order valence-corrected chi connectivity index (χ1v) is 16.2. The monoisotopic (exact) mass is 672 g/mol. The number of aliphatic hydroxyl groups excluding tert-OH is 2. The summed E-state index contributed by atoms with van der Waals surface area (Å²) in [5.41, 5.74) is 0. The number of rotatable bonds is 4. The molecule has 0 aromatic carbocycles. The Labute approximate surface area is 276 Å². The van der Waals surface area contributed by atoms with Crippen molar-refractivity contribution in [1.82, 2.24) is 0 Å². The zero-order valence-corrected chi connectivity index (χ0v) is 28.4. The number of aliphatic carboxylic acids is 1. The van der Waals surface area contributed by atoms with E-state index in [0.29, 0.717) is 0 Å². The molecule has 2 heterocycles. The first kappa shape index (κ1) is 38.8. The number of carbonyl (C=O) groups is 4. The average molecular weight is 673 g/mol. The maximum absolute atomic E-state index is 11.3. The third-order valence-corrected chi connectivity index (χ3v) is 9.09. The predicted molar refractivity (Wildman–Crippen MR) is 163 cm³/mol. The fourth-order valence-corrected chi connectivity index (χ4v) is 6.82. The van der Waals surface area contributed by atoms with Crippen molar-refractivity contribution in [2.75, 3.05) is 21.3 Å². The molecule has 4 aliphatic carbocycles. The van der Waals surface area contributed by atoms with Crippen molar-refractivity contribution in [3.8, 4) is 0 Å². The van der Waals surface area contributed by atoms with Crippen LogP contribution in [0.3, 0.4) is 0 Å². The second-order valence-electron chi connectivity index (χ2n) is 13.6. The molecule has 6 rings (SSSR count). The second kappa shape index (κ2) is 16.7. The standard InChI is InChI=1S/2C10H16O4.C7H10O2.C6H10O4/c2*1-10(2)13-7-4-6(9(11)12-3)5-8(7)14-10;1-9-7(8)6-4-2-3-5-6;7-4-1-3(6(9)10)2-5(4)8/h2*6-8H,4-5H2,1-3H3;2-3,6H,4-5H2,1H3;3-5,7-8H,1-2H2,(H,9,10)/t2*6?,7-,8+;;3?,4-,5+. The average Bonchev–Trinajstić information content (AvgIpc) is 3.85. The molecule has 0 amide bonds. The van der Waals surface area contributed by atoms with Crippen molar-refractivity contribution in [3.05, 3.63) is 12.2 Å². The van der Waals surface area contributed by atoms with Crippen molar-refractivity contribution in [1.29, 1.82) is 0 Å². The van der Waals surface area contributed by atoms with Crippen LogP contribution in [0.25, 0.3) is 0 Å². The van der Waals surface area contributed by atoms with Crippen LogP contribution in [0.5, 0.6) is 0 Å². The number of methoxy groups -OCH3 is 3. The lowest BCUT2D eigenvalue weighted by atomic mass is 10.1. The molecule has 3 N–H and O–H groups in total. The molecule has 14 nitrogen and oxygen atoms in total. The van der Waals surface area contributed by atoms with E-state index in [1.165, 1.54) is 21.3 Å². The summed E-state index contributed by atoms with van der Waals surface area (Å²) in [6.07, 6.45) is 7.55. The molecule has 5 fully saturated rings. The van der Waals surface area contributed by atoms with E-state index in [-0.39, 0.29) is 72.9 Å². The Bertz CT molecular complexity index is 1020. The molecule has 47 heavy (non-hydrogen) atoms. The molecule has 6 aliphatic rings. The van der Waals surface area contributed by atoms with Crippen LogP contribution in [0.2, 0.25) is 0 Å². The molecular formula is C33H52O14. The number of hydrogen-bond donors (Lipinski definition) is 3. The van der Waals surface area contributed by atoms with Gasteiger partial charge in [-0.1, -0.05) is 12.2 Å². The van der Waals surface area contributed by atoms with Crippen LogP contribution in [0.4, 0.5) is 0 Å². The topological polar surface area (TPSA) is 194 Å². The summed E-state index contributed by atoms with van der Waals surface area (Å²) in [5, 5.41) is 26.2. The van der Waals surface area contributed by atoms with Gasteiger partial charge in [-0.2, -0.15) is 0 Å². The minimum absolute atomic E-state index is 0.0499. The number of carboxylic acid groups (broad SMARTS) is 1. The summed E-state index contributed by atoms with van der Waals surface area (Å²) in [7, 11) is 4.27. The van der Waals surface area contributed by atoms with E-state index in [1.54, 1.807) is 0 Å². The van der Waals surface area contributed by atoms with Gasteiger partial charge in [0.2, 0.25) is 0 Å². The number of hydrogen-bond acceptors (Lipinski definition) is 13. The molecule has 0 spiro atoms. The zero-order valence-electron chi connectivity index (χ0n) is 28.4. The SMILES string of the molecule is COC(=O)C1CC=CC1.COC(=O)C1C[C@@H]2OC(C)(C)O[C@@H]2C1.COC(=O)C1C[C@@H]2OC(C)(C)O[C@@H]2C1.O=C(O)C1C[C@@H](O)[C@@H](O)C1. The van der Waals surface area contributed by atoms with Crippen molar-refractivity contribution in [2.45, 2.75) is 127 Å². The van der Waals surface area contributed by atoms with Crippen LogP contribution < -0.4 is 0 Å². The fraction of sp³-hybridized carbons (Fsp3) is 0.818. The minimum Gasteiger partial charge on any atom is -0.481 e. The summed E-state index contributed by atoms with van der Waals surface area (Å²) >= 11 is 0. The van der Waals surface area contributed by atoms with Gasteiger partial charge in [0.05, 0.1) is 81.6 Å². The number of fused-ring (bicyclic) bond motifs is 2. The van der Waals surface area contributed by atoms with Gasteiger partial charge in [0.15, 0.2) is 11.6 Å². The fourth-order valence-electron chi connectivity index (χ4n) is 6.82. The summed E-state index contributed by atoms with van der Waals surface area (Å²) in [5.74, 6) is -2.85. The van der Waals surface area contributed by atoms with E-state index in [0.717, 1.165) is 38.5 Å². The molecule has 2 saturated heterocycles. The molecular weight excluding hydrogens is 620 g/mol. The Hall–Kier alpha value is -2.62. The Morgan fingerprint density at radius 1 is 0.553 bits per heavy atom. The third kappa shape index (κ3) is 10.9. The minimum atomic E-state index is -0.935. The summed E-state index contributed by atoms with van der Waals surface area (Å²) in [6.45, 7) is 7.61. The van der Waals surface area contributed by atoms with E-state index >= 15 is 0 Å². The molecule has 14 heteroatoms. The van der Waals surface area contributed by atoms with E-state index in [1.807, 2.05) is 39.8 Å². The number of esters is 3. The maximum Gasteiger partial charge on any atom is 0.309 e. The maximum atomic E-state index is 11.3. The number of carbonyl (C=O) groups excluding carboxylic acids is 3. The van der Waals surface area contributed by atoms with Gasteiger partial charge < -0.3 is 48.5 Å². The highest BCUT2D eigenvalue weighted by atomic mass is 16.8. The van der Waals surface area contributed by atoms with Crippen LogP contribution in [0.15, 0.2) is 12.2 Å². The van der Waals surface area contributed by atoms with Gasteiger partial charge in [-0.3, -0.25) is 19.2 Å². The Morgan fingerprint density at radius 2 is 0.851 bits per heavy atom. The predicted octanol–water partition coefficient (Wildman–Crippen LogP) is 2.51. The van der Waals surface area contributed by atoms with E-state index in [9.17, 15) is 19.2 Å². The Kier molecular flexibility index (Phi) is 13.8. The van der Waals surface area contributed by atoms with Gasteiger partial charge in [0, 0.05) is 0 Å². The highest BCUT2D eigenvalue weighted by molar-refractivity contribution is 5.74. The van der Waals surface area contributed by atoms with E-state index in [2.05, 4.69) is 4.74 Å². The molecule has 0 aromatic rings. The van der Waals surface area contributed by atoms with Crippen molar-refractivity contribution < 1.29 is 67.7 Å².